The Bertz CT molecular complexity index is 1250. The standard InChI is InChI=1S/C24H24N6O3/c1-17-15-21(27-33-17)26-22(31)18-9-13-29(14-10-18)24(32)20-16-25-30(19-7-3-2-4-8-19)23(20)28-11-5-6-12-28/h2-8,11-12,15-16,18H,9-10,13-14H2,1H3,(H,26,27,31). The van der Waals surface area contributed by atoms with Gasteiger partial charge in [0.2, 0.25) is 5.91 Å². The van der Waals surface area contributed by atoms with E-state index in [1.165, 1.54) is 0 Å². The first-order chi connectivity index (χ1) is 16.1. The molecule has 4 heterocycles. The van der Waals surface area contributed by atoms with Crippen molar-refractivity contribution in [2.75, 3.05) is 18.4 Å². The molecule has 3 aromatic heterocycles. The number of likely N-dealkylation sites (tertiary alicyclic amines) is 1. The largest absolute Gasteiger partial charge is 0.360 e. The van der Waals surface area contributed by atoms with E-state index in [0.29, 0.717) is 48.9 Å². The Labute approximate surface area is 190 Å². The molecule has 33 heavy (non-hydrogen) atoms. The lowest BCUT2D eigenvalue weighted by Crippen LogP contribution is -2.41. The molecule has 1 saturated heterocycles. The quantitative estimate of drug-likeness (QED) is 0.508. The average Bonchev–Trinajstić information content (AvgIpc) is 3.60. The van der Waals surface area contributed by atoms with Crippen LogP contribution in [0.5, 0.6) is 0 Å². The molecule has 0 atom stereocenters. The van der Waals surface area contributed by atoms with Gasteiger partial charge in [-0.05, 0) is 44.0 Å². The number of nitrogens with zero attached hydrogens (tertiary/aromatic N) is 5. The number of para-hydroxylation sites is 1. The van der Waals surface area contributed by atoms with Gasteiger partial charge in [0.25, 0.3) is 5.91 Å². The van der Waals surface area contributed by atoms with Crippen LogP contribution in [0, 0.1) is 12.8 Å². The van der Waals surface area contributed by atoms with E-state index in [4.69, 9.17) is 4.52 Å². The highest BCUT2D eigenvalue weighted by Crippen LogP contribution is 2.25. The summed E-state index contributed by atoms with van der Waals surface area (Å²) >= 11 is 0. The minimum Gasteiger partial charge on any atom is -0.360 e. The second kappa shape index (κ2) is 8.78. The van der Waals surface area contributed by atoms with E-state index < -0.39 is 0 Å². The van der Waals surface area contributed by atoms with Crippen LogP contribution in [0.3, 0.4) is 0 Å². The van der Waals surface area contributed by atoms with Gasteiger partial charge in [0.1, 0.15) is 11.3 Å². The maximum absolute atomic E-state index is 13.5. The van der Waals surface area contributed by atoms with Gasteiger partial charge >= 0.3 is 0 Å². The molecule has 1 fully saturated rings. The minimum atomic E-state index is -0.179. The summed E-state index contributed by atoms with van der Waals surface area (Å²) in [5.74, 6) is 1.38. The molecule has 168 valence electrons. The molecule has 0 spiro atoms. The second-order valence-electron chi connectivity index (χ2n) is 8.10. The molecule has 1 aliphatic rings. The average molecular weight is 444 g/mol. The molecule has 0 saturated carbocycles. The number of hydrogen-bond donors (Lipinski definition) is 1. The second-order valence-corrected chi connectivity index (χ2v) is 8.10. The molecular weight excluding hydrogens is 420 g/mol. The molecule has 1 aromatic carbocycles. The lowest BCUT2D eigenvalue weighted by atomic mass is 9.95. The lowest BCUT2D eigenvalue weighted by molar-refractivity contribution is -0.121. The van der Waals surface area contributed by atoms with Crippen molar-refractivity contribution in [1.29, 1.82) is 0 Å². The maximum atomic E-state index is 13.5. The summed E-state index contributed by atoms with van der Waals surface area (Å²) in [6.45, 7) is 2.77. The highest BCUT2D eigenvalue weighted by atomic mass is 16.5. The fourth-order valence-electron chi connectivity index (χ4n) is 4.14. The van der Waals surface area contributed by atoms with Crippen LogP contribution in [0.1, 0.15) is 29.0 Å². The van der Waals surface area contributed by atoms with Gasteiger partial charge in [-0.15, -0.1) is 0 Å². The van der Waals surface area contributed by atoms with Crippen LogP contribution in [0.15, 0.2) is 71.6 Å². The van der Waals surface area contributed by atoms with Crippen LogP contribution in [-0.4, -0.2) is 49.3 Å². The first kappa shape index (κ1) is 20.7. The van der Waals surface area contributed by atoms with Crippen molar-refractivity contribution in [3.63, 3.8) is 0 Å². The van der Waals surface area contributed by atoms with Crippen LogP contribution >= 0.6 is 0 Å². The first-order valence-electron chi connectivity index (χ1n) is 10.9. The fourth-order valence-corrected chi connectivity index (χ4v) is 4.14. The number of hydrogen-bond acceptors (Lipinski definition) is 5. The van der Waals surface area contributed by atoms with Crippen molar-refractivity contribution >= 4 is 17.6 Å². The summed E-state index contributed by atoms with van der Waals surface area (Å²) in [6.07, 6.45) is 6.58. The Morgan fingerprint density at radius 3 is 2.45 bits per heavy atom. The zero-order chi connectivity index (χ0) is 22.8. The first-order valence-corrected chi connectivity index (χ1v) is 10.9. The predicted molar refractivity (Wildman–Crippen MR) is 121 cm³/mol. The van der Waals surface area contributed by atoms with E-state index in [9.17, 15) is 9.59 Å². The van der Waals surface area contributed by atoms with Gasteiger partial charge in [-0.1, -0.05) is 23.4 Å². The van der Waals surface area contributed by atoms with Gasteiger partial charge in [0, 0.05) is 37.5 Å². The van der Waals surface area contributed by atoms with E-state index in [1.54, 1.807) is 28.8 Å². The Kier molecular flexibility index (Phi) is 5.52. The van der Waals surface area contributed by atoms with Gasteiger partial charge in [0.05, 0.1) is 11.9 Å². The number of carbonyl (C=O) groups is 2. The number of benzene rings is 1. The molecule has 0 unspecified atom stereocenters. The summed E-state index contributed by atoms with van der Waals surface area (Å²) in [5.41, 5.74) is 1.40. The Morgan fingerprint density at radius 2 is 1.79 bits per heavy atom. The van der Waals surface area contributed by atoms with Gasteiger partial charge in [-0.3, -0.25) is 9.59 Å². The van der Waals surface area contributed by atoms with E-state index in [0.717, 1.165) is 5.69 Å². The molecule has 0 aliphatic carbocycles. The molecule has 0 bridgehead atoms. The zero-order valence-corrected chi connectivity index (χ0v) is 18.2. The predicted octanol–water partition coefficient (Wildman–Crippen LogP) is 3.45. The van der Waals surface area contributed by atoms with Crippen LogP contribution < -0.4 is 5.32 Å². The van der Waals surface area contributed by atoms with Crippen molar-refractivity contribution in [1.82, 2.24) is 24.4 Å². The van der Waals surface area contributed by atoms with Crippen molar-refractivity contribution in [3.8, 4) is 11.5 Å². The number of anilines is 1. The minimum absolute atomic E-state index is 0.0909. The Balaban J connectivity index is 1.32. The molecule has 2 amide bonds. The Hall–Kier alpha value is -4.14. The lowest BCUT2D eigenvalue weighted by Gasteiger charge is -2.31. The van der Waals surface area contributed by atoms with Gasteiger partial charge < -0.3 is 19.3 Å². The topological polar surface area (TPSA) is 98.2 Å². The van der Waals surface area contributed by atoms with Gasteiger partial charge in [0.15, 0.2) is 11.6 Å². The van der Waals surface area contributed by atoms with Crippen LogP contribution in [0.2, 0.25) is 0 Å². The van der Waals surface area contributed by atoms with Crippen LogP contribution in [-0.2, 0) is 4.79 Å². The third-order valence-corrected chi connectivity index (χ3v) is 5.86. The summed E-state index contributed by atoms with van der Waals surface area (Å²) < 4.78 is 8.67. The smallest absolute Gasteiger partial charge is 0.259 e. The van der Waals surface area contributed by atoms with Gasteiger partial charge in [-0.2, -0.15) is 5.10 Å². The number of amides is 2. The van der Waals surface area contributed by atoms with Crippen molar-refractivity contribution < 1.29 is 14.1 Å². The Morgan fingerprint density at radius 1 is 1.06 bits per heavy atom. The van der Waals surface area contributed by atoms with Crippen LogP contribution in [0.25, 0.3) is 11.5 Å². The summed E-state index contributed by atoms with van der Waals surface area (Å²) in [4.78, 5) is 27.8. The molecule has 1 N–H and O–H groups in total. The molecule has 9 nitrogen and oxygen atoms in total. The third-order valence-electron chi connectivity index (χ3n) is 5.86. The number of carbonyl (C=O) groups excluding carboxylic acids is 2. The summed E-state index contributed by atoms with van der Waals surface area (Å²) in [5, 5.41) is 11.1. The maximum Gasteiger partial charge on any atom is 0.259 e. The molecular formula is C24H24N6O3. The van der Waals surface area contributed by atoms with Crippen molar-refractivity contribution in [2.24, 2.45) is 5.92 Å². The molecule has 4 aromatic rings. The number of aromatic nitrogens is 4. The van der Waals surface area contributed by atoms with E-state index in [1.807, 2.05) is 59.4 Å². The number of nitrogens with one attached hydrogen (secondary N) is 1. The van der Waals surface area contributed by atoms with E-state index >= 15 is 0 Å². The summed E-state index contributed by atoms with van der Waals surface area (Å²) in [7, 11) is 0. The summed E-state index contributed by atoms with van der Waals surface area (Å²) in [6, 6.07) is 15.2. The van der Waals surface area contributed by atoms with Gasteiger partial charge in [-0.25, -0.2) is 4.68 Å². The molecule has 9 heteroatoms. The number of aryl methyl sites for hydroxylation is 1. The van der Waals surface area contributed by atoms with Crippen molar-refractivity contribution in [3.05, 3.63) is 78.4 Å². The number of rotatable bonds is 5. The normalized spacial score (nSPS) is 14.4. The fraction of sp³-hybridized carbons (Fsp3) is 0.250. The van der Waals surface area contributed by atoms with Crippen LogP contribution in [0.4, 0.5) is 5.82 Å². The SMILES string of the molecule is Cc1cc(NC(=O)C2CCN(C(=O)c3cnn(-c4ccccc4)c3-n3cccc3)CC2)no1. The monoisotopic (exact) mass is 444 g/mol. The zero-order valence-electron chi connectivity index (χ0n) is 18.2. The van der Waals surface area contributed by atoms with E-state index in [-0.39, 0.29) is 17.7 Å². The number of piperidine rings is 1. The molecule has 0 radical (unpaired) electrons. The van der Waals surface area contributed by atoms with E-state index in [2.05, 4.69) is 15.6 Å². The van der Waals surface area contributed by atoms with Crippen molar-refractivity contribution in [2.45, 2.75) is 19.8 Å². The molecule has 5 rings (SSSR count). The highest BCUT2D eigenvalue weighted by molar-refractivity contribution is 5.98. The third kappa shape index (κ3) is 4.17. The molecule has 1 aliphatic heterocycles. The highest BCUT2D eigenvalue weighted by Gasteiger charge is 2.30.